The van der Waals surface area contributed by atoms with E-state index in [0.717, 1.165) is 24.3 Å². The average Bonchev–Trinajstić information content (AvgIpc) is 2.78. The second-order valence-electron chi connectivity index (χ2n) is 5.50. The molecule has 0 radical (unpaired) electrons. The molecule has 23 heavy (non-hydrogen) atoms. The number of ether oxygens (including phenoxy) is 1. The van der Waals surface area contributed by atoms with Crippen molar-refractivity contribution in [1.82, 2.24) is 9.80 Å². The van der Waals surface area contributed by atoms with E-state index >= 15 is 0 Å². The van der Waals surface area contributed by atoms with Gasteiger partial charge in [-0.15, -0.1) is 0 Å². The third-order valence-electron chi connectivity index (χ3n) is 3.82. The lowest BCUT2D eigenvalue weighted by Gasteiger charge is -2.20. The molecule has 1 heterocycles. The fraction of sp³-hybridized carbons (Fsp3) is 0.412. The van der Waals surface area contributed by atoms with Crippen LogP contribution in [0.4, 0.5) is 0 Å². The summed E-state index contributed by atoms with van der Waals surface area (Å²) in [6.45, 7) is 2.98. The van der Waals surface area contributed by atoms with Gasteiger partial charge in [0, 0.05) is 37.8 Å². The number of nitrogens with zero attached hydrogens (tertiary/aromatic N) is 2. The summed E-state index contributed by atoms with van der Waals surface area (Å²) < 4.78 is 5.27. The molecule has 0 aliphatic carbocycles. The van der Waals surface area contributed by atoms with Crippen LogP contribution in [0.1, 0.15) is 12.0 Å². The number of carbonyl (C=O) groups is 2. The highest BCUT2D eigenvalue weighted by molar-refractivity contribution is 5.92. The number of para-hydroxylation sites is 1. The Labute approximate surface area is 136 Å². The second kappa shape index (κ2) is 8.33. The van der Waals surface area contributed by atoms with Crippen LogP contribution in [0.2, 0.25) is 0 Å². The molecule has 1 fully saturated rings. The van der Waals surface area contributed by atoms with Crippen molar-refractivity contribution in [3.05, 3.63) is 35.9 Å². The van der Waals surface area contributed by atoms with Gasteiger partial charge in [0.2, 0.25) is 11.8 Å². The van der Waals surface area contributed by atoms with E-state index in [1.807, 2.05) is 29.2 Å². The van der Waals surface area contributed by atoms with E-state index < -0.39 is 0 Å². The SMILES string of the molecule is COc1ccccc1C=CC(=O)N1CCCN(CC(N)=O)CC1. The van der Waals surface area contributed by atoms with Crippen molar-refractivity contribution in [2.24, 2.45) is 5.73 Å². The minimum atomic E-state index is -0.333. The number of benzene rings is 1. The van der Waals surface area contributed by atoms with Crippen molar-refractivity contribution in [3.63, 3.8) is 0 Å². The number of hydrogen-bond acceptors (Lipinski definition) is 4. The lowest BCUT2D eigenvalue weighted by Crippen LogP contribution is -2.37. The Balaban J connectivity index is 1.95. The molecule has 1 saturated heterocycles. The third kappa shape index (κ3) is 5.10. The molecular weight excluding hydrogens is 294 g/mol. The number of rotatable bonds is 5. The van der Waals surface area contributed by atoms with Gasteiger partial charge in [-0.1, -0.05) is 18.2 Å². The van der Waals surface area contributed by atoms with Crippen molar-refractivity contribution < 1.29 is 14.3 Å². The number of hydrogen-bond donors (Lipinski definition) is 1. The molecule has 0 bridgehead atoms. The van der Waals surface area contributed by atoms with E-state index in [9.17, 15) is 9.59 Å². The largest absolute Gasteiger partial charge is 0.496 e. The first kappa shape index (κ1) is 17.0. The highest BCUT2D eigenvalue weighted by Gasteiger charge is 2.18. The maximum atomic E-state index is 12.3. The summed E-state index contributed by atoms with van der Waals surface area (Å²) in [5.74, 6) is 0.373. The Morgan fingerprint density at radius 3 is 2.74 bits per heavy atom. The maximum absolute atomic E-state index is 12.3. The molecular formula is C17H23N3O3. The molecule has 6 nitrogen and oxygen atoms in total. The molecule has 1 aromatic carbocycles. The van der Waals surface area contributed by atoms with Crippen LogP contribution in [0.25, 0.3) is 6.08 Å². The standard InChI is InChI=1S/C17H23N3O3/c1-23-15-6-3-2-5-14(15)7-8-17(22)20-10-4-9-19(11-12-20)13-16(18)21/h2-3,5-8H,4,9-13H2,1H3,(H2,18,21). The lowest BCUT2D eigenvalue weighted by molar-refractivity contribution is -0.125. The average molecular weight is 317 g/mol. The third-order valence-corrected chi connectivity index (χ3v) is 3.82. The maximum Gasteiger partial charge on any atom is 0.246 e. The van der Waals surface area contributed by atoms with Crippen LogP contribution < -0.4 is 10.5 Å². The van der Waals surface area contributed by atoms with E-state index in [2.05, 4.69) is 0 Å². The molecule has 1 aromatic rings. The van der Waals surface area contributed by atoms with Gasteiger partial charge >= 0.3 is 0 Å². The smallest absolute Gasteiger partial charge is 0.246 e. The van der Waals surface area contributed by atoms with Gasteiger partial charge in [-0.25, -0.2) is 0 Å². The van der Waals surface area contributed by atoms with E-state index in [0.29, 0.717) is 19.6 Å². The summed E-state index contributed by atoms with van der Waals surface area (Å²) in [4.78, 5) is 27.1. The fourth-order valence-electron chi connectivity index (χ4n) is 2.64. The van der Waals surface area contributed by atoms with Crippen LogP contribution >= 0.6 is 0 Å². The topological polar surface area (TPSA) is 75.9 Å². The zero-order valence-corrected chi connectivity index (χ0v) is 13.4. The minimum absolute atomic E-state index is 0.0307. The highest BCUT2D eigenvalue weighted by Crippen LogP contribution is 2.18. The molecule has 1 aliphatic heterocycles. The summed E-state index contributed by atoms with van der Waals surface area (Å²) in [5.41, 5.74) is 6.09. The molecule has 6 heteroatoms. The number of amides is 2. The van der Waals surface area contributed by atoms with Crippen LogP contribution in [-0.4, -0.2) is 61.4 Å². The Hall–Kier alpha value is -2.34. The predicted molar refractivity (Wildman–Crippen MR) is 88.9 cm³/mol. The minimum Gasteiger partial charge on any atom is -0.496 e. The first-order valence-electron chi connectivity index (χ1n) is 7.71. The second-order valence-corrected chi connectivity index (χ2v) is 5.50. The molecule has 2 amide bonds. The lowest BCUT2D eigenvalue weighted by atomic mass is 10.2. The van der Waals surface area contributed by atoms with Crippen molar-refractivity contribution in [1.29, 1.82) is 0 Å². The van der Waals surface area contributed by atoms with Crippen LogP contribution in [0.15, 0.2) is 30.3 Å². The highest BCUT2D eigenvalue weighted by atomic mass is 16.5. The molecule has 0 atom stereocenters. The van der Waals surface area contributed by atoms with Crippen molar-refractivity contribution in [3.8, 4) is 5.75 Å². The van der Waals surface area contributed by atoms with Crippen LogP contribution in [0.5, 0.6) is 5.75 Å². The monoisotopic (exact) mass is 317 g/mol. The van der Waals surface area contributed by atoms with E-state index in [1.54, 1.807) is 24.2 Å². The summed E-state index contributed by atoms with van der Waals surface area (Å²) in [5, 5.41) is 0. The zero-order chi connectivity index (χ0) is 16.7. The number of nitrogens with two attached hydrogens (primary N) is 1. The summed E-state index contributed by atoms with van der Waals surface area (Å²) >= 11 is 0. The predicted octanol–water partition coefficient (Wildman–Crippen LogP) is 0.728. The molecule has 0 saturated carbocycles. The van der Waals surface area contributed by atoms with Gasteiger partial charge in [0.1, 0.15) is 5.75 Å². The van der Waals surface area contributed by atoms with Crippen LogP contribution in [-0.2, 0) is 9.59 Å². The van der Waals surface area contributed by atoms with Crippen LogP contribution in [0, 0.1) is 0 Å². The van der Waals surface area contributed by atoms with E-state index in [-0.39, 0.29) is 18.4 Å². The van der Waals surface area contributed by atoms with E-state index in [1.165, 1.54) is 0 Å². The molecule has 0 spiro atoms. The van der Waals surface area contributed by atoms with Crippen molar-refractivity contribution in [2.45, 2.75) is 6.42 Å². The van der Waals surface area contributed by atoms with Gasteiger partial charge in [-0.05, 0) is 18.6 Å². The first-order chi connectivity index (χ1) is 11.1. The number of methoxy groups -OCH3 is 1. The van der Waals surface area contributed by atoms with Gasteiger partial charge in [0.05, 0.1) is 13.7 Å². The number of carbonyl (C=O) groups excluding carboxylic acids is 2. The van der Waals surface area contributed by atoms with Gasteiger partial charge in [0.25, 0.3) is 0 Å². The quantitative estimate of drug-likeness (QED) is 0.812. The van der Waals surface area contributed by atoms with Gasteiger partial charge in [-0.3, -0.25) is 14.5 Å². The normalized spacial score (nSPS) is 16.3. The van der Waals surface area contributed by atoms with Gasteiger partial charge in [-0.2, -0.15) is 0 Å². The molecule has 124 valence electrons. The summed E-state index contributed by atoms with van der Waals surface area (Å²) in [7, 11) is 1.61. The van der Waals surface area contributed by atoms with Crippen molar-refractivity contribution in [2.75, 3.05) is 39.8 Å². The van der Waals surface area contributed by atoms with Crippen molar-refractivity contribution >= 4 is 17.9 Å². The Kier molecular flexibility index (Phi) is 6.17. The van der Waals surface area contributed by atoms with Gasteiger partial charge in [0.15, 0.2) is 0 Å². The van der Waals surface area contributed by atoms with Gasteiger partial charge < -0.3 is 15.4 Å². The fourth-order valence-corrected chi connectivity index (χ4v) is 2.64. The molecule has 1 aliphatic rings. The Morgan fingerprint density at radius 2 is 2.00 bits per heavy atom. The molecule has 0 unspecified atom stereocenters. The van der Waals surface area contributed by atoms with Crippen LogP contribution in [0.3, 0.4) is 0 Å². The summed E-state index contributed by atoms with van der Waals surface area (Å²) in [6, 6.07) is 7.55. The Morgan fingerprint density at radius 1 is 1.22 bits per heavy atom. The Bertz CT molecular complexity index is 586. The molecule has 2 N–H and O–H groups in total. The number of primary amides is 1. The summed E-state index contributed by atoms with van der Waals surface area (Å²) in [6.07, 6.45) is 4.18. The van der Waals surface area contributed by atoms with E-state index in [4.69, 9.17) is 10.5 Å². The molecule has 0 aromatic heterocycles. The first-order valence-corrected chi connectivity index (χ1v) is 7.71. The molecule has 2 rings (SSSR count). The zero-order valence-electron chi connectivity index (χ0n) is 13.4.